The number of carbonyl (C=O) groups is 3. The van der Waals surface area contributed by atoms with Gasteiger partial charge in [-0.05, 0) is 30.2 Å². The normalized spacial score (nSPS) is 17.4. The van der Waals surface area contributed by atoms with Gasteiger partial charge in [0.25, 0.3) is 5.91 Å². The number of hydrogen-bond donors (Lipinski definition) is 3. The van der Waals surface area contributed by atoms with Crippen LogP contribution in [0.2, 0.25) is 0 Å². The third kappa shape index (κ3) is 4.43. The summed E-state index contributed by atoms with van der Waals surface area (Å²) < 4.78 is 51.6. The molecule has 6 nitrogen and oxygen atoms in total. The molecule has 1 atom stereocenters. The van der Waals surface area contributed by atoms with Crippen LogP contribution in [0.3, 0.4) is 0 Å². The van der Waals surface area contributed by atoms with Crippen LogP contribution in [0.25, 0.3) is 0 Å². The quantitative estimate of drug-likeness (QED) is 0.557. The molecule has 2 rings (SSSR count). The van der Waals surface area contributed by atoms with Crippen molar-refractivity contribution in [3.63, 3.8) is 0 Å². The van der Waals surface area contributed by atoms with E-state index in [4.69, 9.17) is 0 Å². The molecule has 1 fully saturated rings. The number of nitrogens with one attached hydrogen (secondary N) is 3. The minimum atomic E-state index is -4.67. The lowest BCUT2D eigenvalue weighted by Gasteiger charge is -2.14. The van der Waals surface area contributed by atoms with Crippen molar-refractivity contribution in [1.82, 2.24) is 16.0 Å². The van der Waals surface area contributed by atoms with E-state index in [2.05, 4.69) is 10.6 Å². The highest BCUT2D eigenvalue weighted by atomic mass is 19.4. The van der Waals surface area contributed by atoms with Crippen molar-refractivity contribution in [1.29, 1.82) is 0 Å². The molecule has 1 aliphatic heterocycles. The van der Waals surface area contributed by atoms with Gasteiger partial charge in [-0.25, -0.2) is 9.18 Å². The monoisotopic (exact) mass is 347 g/mol. The zero-order chi connectivity index (χ0) is 17.9. The Balaban J connectivity index is 1.91. The van der Waals surface area contributed by atoms with E-state index >= 15 is 0 Å². The Bertz CT molecular complexity index is 676. The van der Waals surface area contributed by atoms with E-state index in [1.165, 1.54) is 0 Å². The largest absolute Gasteiger partial charge is 0.416 e. The maximum Gasteiger partial charge on any atom is 0.416 e. The number of hydrogen-bond acceptors (Lipinski definition) is 3. The maximum absolute atomic E-state index is 13.1. The molecular weight excluding hydrogens is 334 g/mol. The SMILES string of the molecule is O=C(CCC1NC(=O)NC1=O)NCc1cc(F)ccc1C(F)(F)F. The summed E-state index contributed by atoms with van der Waals surface area (Å²) in [6.45, 7) is -0.505. The molecule has 130 valence electrons. The van der Waals surface area contributed by atoms with Gasteiger partial charge in [0.15, 0.2) is 0 Å². The Morgan fingerprint density at radius 3 is 2.54 bits per heavy atom. The molecule has 0 aliphatic carbocycles. The van der Waals surface area contributed by atoms with Crippen LogP contribution in [0.15, 0.2) is 18.2 Å². The topological polar surface area (TPSA) is 87.3 Å². The highest BCUT2D eigenvalue weighted by Gasteiger charge is 2.33. The van der Waals surface area contributed by atoms with Crippen molar-refractivity contribution < 1.29 is 31.9 Å². The van der Waals surface area contributed by atoms with Gasteiger partial charge in [0, 0.05) is 13.0 Å². The lowest BCUT2D eigenvalue weighted by atomic mass is 10.1. The van der Waals surface area contributed by atoms with Crippen LogP contribution in [-0.4, -0.2) is 23.9 Å². The second-order valence-electron chi connectivity index (χ2n) is 5.13. The van der Waals surface area contributed by atoms with E-state index in [1.807, 2.05) is 5.32 Å². The number of rotatable bonds is 5. The maximum atomic E-state index is 13.1. The molecular formula is C14H13F4N3O3. The fourth-order valence-electron chi connectivity index (χ4n) is 2.20. The molecule has 0 bridgehead atoms. The average molecular weight is 347 g/mol. The summed E-state index contributed by atoms with van der Waals surface area (Å²) in [5.41, 5.74) is -1.44. The Labute approximate surface area is 133 Å². The van der Waals surface area contributed by atoms with Gasteiger partial charge in [-0.1, -0.05) is 0 Å². The van der Waals surface area contributed by atoms with E-state index < -0.39 is 53.6 Å². The number of urea groups is 1. The Kier molecular flexibility index (Phi) is 5.05. The summed E-state index contributed by atoms with van der Waals surface area (Å²) in [6.07, 6.45) is -4.85. The van der Waals surface area contributed by atoms with Crippen LogP contribution in [0.4, 0.5) is 22.4 Å². The molecule has 0 radical (unpaired) electrons. The number of halogens is 4. The van der Waals surface area contributed by atoms with Gasteiger partial charge in [0.1, 0.15) is 11.9 Å². The van der Waals surface area contributed by atoms with Gasteiger partial charge in [-0.15, -0.1) is 0 Å². The average Bonchev–Trinajstić information content (AvgIpc) is 2.79. The molecule has 0 saturated carbocycles. The van der Waals surface area contributed by atoms with Gasteiger partial charge < -0.3 is 10.6 Å². The van der Waals surface area contributed by atoms with Gasteiger partial charge in [0.2, 0.25) is 5.91 Å². The molecule has 1 heterocycles. The van der Waals surface area contributed by atoms with Crippen LogP contribution >= 0.6 is 0 Å². The Morgan fingerprint density at radius 1 is 1.25 bits per heavy atom. The van der Waals surface area contributed by atoms with Gasteiger partial charge in [-0.3, -0.25) is 14.9 Å². The number of amides is 4. The summed E-state index contributed by atoms with van der Waals surface area (Å²) in [5, 5.41) is 6.52. The van der Waals surface area contributed by atoms with Gasteiger partial charge in [-0.2, -0.15) is 13.2 Å². The van der Waals surface area contributed by atoms with E-state index in [0.717, 1.165) is 0 Å². The minimum absolute atomic E-state index is 0.00130. The Hall–Kier alpha value is -2.65. The predicted molar refractivity (Wildman–Crippen MR) is 72.9 cm³/mol. The van der Waals surface area contributed by atoms with E-state index in [9.17, 15) is 31.9 Å². The van der Waals surface area contributed by atoms with Gasteiger partial charge in [0.05, 0.1) is 5.56 Å². The van der Waals surface area contributed by atoms with Crippen LogP contribution in [0.1, 0.15) is 24.0 Å². The third-order valence-corrected chi connectivity index (χ3v) is 3.37. The molecule has 1 aromatic rings. The highest BCUT2D eigenvalue weighted by Crippen LogP contribution is 2.32. The molecule has 10 heteroatoms. The predicted octanol–water partition coefficient (Wildman–Crippen LogP) is 1.45. The number of carbonyl (C=O) groups excluding carboxylic acids is 3. The molecule has 24 heavy (non-hydrogen) atoms. The third-order valence-electron chi connectivity index (χ3n) is 3.37. The van der Waals surface area contributed by atoms with Crippen molar-refractivity contribution in [2.75, 3.05) is 0 Å². The molecule has 4 amide bonds. The van der Waals surface area contributed by atoms with Crippen molar-refractivity contribution in [2.45, 2.75) is 31.6 Å². The summed E-state index contributed by atoms with van der Waals surface area (Å²) in [4.78, 5) is 33.8. The smallest absolute Gasteiger partial charge is 0.352 e. The molecule has 0 spiro atoms. The van der Waals surface area contributed by atoms with Crippen LogP contribution in [-0.2, 0) is 22.3 Å². The van der Waals surface area contributed by atoms with E-state index in [1.54, 1.807) is 0 Å². The number of imide groups is 1. The Morgan fingerprint density at radius 2 is 1.96 bits per heavy atom. The first-order valence-corrected chi connectivity index (χ1v) is 6.90. The second-order valence-corrected chi connectivity index (χ2v) is 5.13. The lowest BCUT2D eigenvalue weighted by molar-refractivity contribution is -0.138. The van der Waals surface area contributed by atoms with Crippen molar-refractivity contribution in [3.8, 4) is 0 Å². The standard InChI is InChI=1S/C14H13F4N3O3/c15-8-1-2-9(14(16,17)18)7(5-8)6-19-11(22)4-3-10-12(23)21-13(24)20-10/h1-2,5,10H,3-4,6H2,(H,19,22)(H2,20,21,23,24). The minimum Gasteiger partial charge on any atom is -0.352 e. The second kappa shape index (κ2) is 6.85. The summed E-state index contributed by atoms with van der Waals surface area (Å²) >= 11 is 0. The first-order chi connectivity index (χ1) is 11.2. The van der Waals surface area contributed by atoms with Crippen LogP contribution in [0.5, 0.6) is 0 Å². The summed E-state index contributed by atoms with van der Waals surface area (Å²) in [6, 6.07) is 0.474. The highest BCUT2D eigenvalue weighted by molar-refractivity contribution is 6.04. The summed E-state index contributed by atoms with van der Waals surface area (Å²) in [5.74, 6) is -2.05. The zero-order valence-corrected chi connectivity index (χ0v) is 12.2. The van der Waals surface area contributed by atoms with E-state index in [0.29, 0.717) is 18.2 Å². The van der Waals surface area contributed by atoms with Crippen molar-refractivity contribution in [3.05, 3.63) is 35.1 Å². The first kappa shape index (κ1) is 17.7. The van der Waals surface area contributed by atoms with Crippen LogP contribution in [0, 0.1) is 5.82 Å². The fourth-order valence-corrected chi connectivity index (χ4v) is 2.20. The molecule has 0 aromatic heterocycles. The fraction of sp³-hybridized carbons (Fsp3) is 0.357. The van der Waals surface area contributed by atoms with Crippen LogP contribution < -0.4 is 16.0 Å². The van der Waals surface area contributed by atoms with Gasteiger partial charge >= 0.3 is 12.2 Å². The number of alkyl halides is 3. The lowest BCUT2D eigenvalue weighted by Crippen LogP contribution is -2.32. The molecule has 3 N–H and O–H groups in total. The molecule has 1 saturated heterocycles. The van der Waals surface area contributed by atoms with Crippen molar-refractivity contribution in [2.24, 2.45) is 0 Å². The number of benzene rings is 1. The molecule has 1 aromatic carbocycles. The molecule has 1 unspecified atom stereocenters. The first-order valence-electron chi connectivity index (χ1n) is 6.90. The van der Waals surface area contributed by atoms with Crippen molar-refractivity contribution >= 4 is 17.8 Å². The zero-order valence-electron chi connectivity index (χ0n) is 12.2. The van der Waals surface area contributed by atoms with E-state index in [-0.39, 0.29) is 12.8 Å². The summed E-state index contributed by atoms with van der Waals surface area (Å²) in [7, 11) is 0. The molecule has 1 aliphatic rings.